The van der Waals surface area contributed by atoms with Gasteiger partial charge in [0.15, 0.2) is 0 Å². The molecule has 2 N–H and O–H groups in total. The fourth-order valence-corrected chi connectivity index (χ4v) is 1.43. The molecule has 2 aromatic rings. The van der Waals surface area contributed by atoms with E-state index in [1.165, 1.54) is 7.05 Å². The van der Waals surface area contributed by atoms with Crippen LogP contribution < -0.4 is 11.3 Å². The maximum absolute atomic E-state index is 12.5. The van der Waals surface area contributed by atoms with E-state index in [1.54, 1.807) is 0 Å². The average Bonchev–Trinajstić information content (AvgIpc) is 2.21. The molecule has 5 nitrogen and oxygen atoms in total. The van der Waals surface area contributed by atoms with Crippen LogP contribution in [-0.4, -0.2) is 14.8 Å². The van der Waals surface area contributed by atoms with E-state index in [1.807, 2.05) is 0 Å². The summed E-state index contributed by atoms with van der Waals surface area (Å²) in [5, 5.41) is 3.59. The van der Waals surface area contributed by atoms with Gasteiger partial charge in [-0.05, 0) is 6.07 Å². The summed E-state index contributed by atoms with van der Waals surface area (Å²) >= 11 is 0. The lowest BCUT2D eigenvalue weighted by atomic mass is 10.2. The highest BCUT2D eigenvalue weighted by Crippen LogP contribution is 2.30. The normalized spacial score (nSPS) is 12.0. The third kappa shape index (κ3) is 1.81. The molecule has 0 aliphatic carbocycles. The molecule has 0 aromatic carbocycles. The highest BCUT2D eigenvalue weighted by Gasteiger charge is 2.33. The molecule has 0 radical (unpaired) electrons. The summed E-state index contributed by atoms with van der Waals surface area (Å²) < 4.78 is 38.3. The Bertz CT molecular complexity index is 647. The molecule has 0 amide bonds. The third-order valence-electron chi connectivity index (χ3n) is 2.25. The van der Waals surface area contributed by atoms with Gasteiger partial charge < -0.3 is 5.73 Å². The minimum Gasteiger partial charge on any atom is -0.383 e. The Labute approximate surface area is 92.7 Å². The van der Waals surface area contributed by atoms with Crippen LogP contribution in [0.1, 0.15) is 5.69 Å². The van der Waals surface area contributed by atoms with E-state index >= 15 is 0 Å². The molecule has 8 heteroatoms. The van der Waals surface area contributed by atoms with Crippen LogP contribution >= 0.6 is 0 Å². The summed E-state index contributed by atoms with van der Waals surface area (Å²) in [5.41, 5.74) is 3.65. The molecular formula is C9H7F3N4O. The number of nitrogen functional groups attached to an aromatic ring is 1. The van der Waals surface area contributed by atoms with Gasteiger partial charge in [-0.3, -0.25) is 4.79 Å². The van der Waals surface area contributed by atoms with Crippen molar-refractivity contribution < 1.29 is 13.2 Å². The fourth-order valence-electron chi connectivity index (χ4n) is 1.43. The summed E-state index contributed by atoms with van der Waals surface area (Å²) in [7, 11) is 1.37. The van der Waals surface area contributed by atoms with Crippen molar-refractivity contribution >= 4 is 16.6 Å². The van der Waals surface area contributed by atoms with Crippen LogP contribution in [0, 0.1) is 0 Å². The third-order valence-corrected chi connectivity index (χ3v) is 2.25. The summed E-state index contributed by atoms with van der Waals surface area (Å²) in [4.78, 5) is 14.8. The first-order chi connectivity index (χ1) is 7.80. The van der Waals surface area contributed by atoms with Gasteiger partial charge in [0, 0.05) is 12.4 Å². The van der Waals surface area contributed by atoms with Crippen LogP contribution in [-0.2, 0) is 13.2 Å². The van der Waals surface area contributed by atoms with Crippen LogP contribution in [0.4, 0.5) is 19.0 Å². The zero-order chi connectivity index (χ0) is 12.8. The monoisotopic (exact) mass is 244 g/mol. The van der Waals surface area contributed by atoms with Gasteiger partial charge in [-0.2, -0.15) is 18.3 Å². The number of hydrogen-bond acceptors (Lipinski definition) is 4. The molecular weight excluding hydrogens is 237 g/mol. The molecule has 90 valence electrons. The summed E-state index contributed by atoms with van der Waals surface area (Å²) in [6.07, 6.45) is -3.46. The number of aromatic nitrogens is 3. The first-order valence-corrected chi connectivity index (χ1v) is 4.50. The highest BCUT2D eigenvalue weighted by atomic mass is 19.4. The predicted octanol–water partition coefficient (Wildman–Crippen LogP) is 0.929. The number of anilines is 1. The van der Waals surface area contributed by atoms with Crippen LogP contribution in [0.5, 0.6) is 0 Å². The molecule has 0 fully saturated rings. The van der Waals surface area contributed by atoms with Gasteiger partial charge in [0.2, 0.25) is 0 Å². The second kappa shape index (κ2) is 3.44. The van der Waals surface area contributed by atoms with E-state index in [0.29, 0.717) is 0 Å². The van der Waals surface area contributed by atoms with E-state index in [4.69, 9.17) is 5.73 Å². The van der Waals surface area contributed by atoms with Gasteiger partial charge in [0.25, 0.3) is 5.56 Å². The number of rotatable bonds is 0. The maximum atomic E-state index is 12.5. The van der Waals surface area contributed by atoms with Crippen molar-refractivity contribution in [1.82, 2.24) is 14.8 Å². The second-order valence-corrected chi connectivity index (χ2v) is 3.43. The molecule has 2 heterocycles. The SMILES string of the molecule is Cn1ncc2cc(C(F)(F)F)nc(N)c2c1=O. The quantitative estimate of drug-likeness (QED) is 0.748. The van der Waals surface area contributed by atoms with Gasteiger partial charge >= 0.3 is 6.18 Å². The van der Waals surface area contributed by atoms with E-state index in [9.17, 15) is 18.0 Å². The smallest absolute Gasteiger partial charge is 0.383 e. The fraction of sp³-hybridized carbons (Fsp3) is 0.222. The van der Waals surface area contributed by atoms with Gasteiger partial charge in [-0.1, -0.05) is 0 Å². The molecule has 0 aliphatic rings. The number of aryl methyl sites for hydroxylation is 1. The van der Waals surface area contributed by atoms with Crippen molar-refractivity contribution in [3.05, 3.63) is 28.3 Å². The molecule has 0 unspecified atom stereocenters. The minimum atomic E-state index is -4.61. The number of fused-ring (bicyclic) bond motifs is 1. The number of nitrogens with zero attached hydrogens (tertiary/aromatic N) is 3. The Balaban J connectivity index is 2.87. The van der Waals surface area contributed by atoms with Crippen molar-refractivity contribution in [3.63, 3.8) is 0 Å². The molecule has 0 spiro atoms. The zero-order valence-corrected chi connectivity index (χ0v) is 8.62. The van der Waals surface area contributed by atoms with Crippen molar-refractivity contribution in [2.24, 2.45) is 7.05 Å². The summed E-state index contributed by atoms with van der Waals surface area (Å²) in [5.74, 6) is -0.446. The summed E-state index contributed by atoms with van der Waals surface area (Å²) in [6.45, 7) is 0. The lowest BCUT2D eigenvalue weighted by Crippen LogP contribution is -2.21. The Hall–Kier alpha value is -2.12. The van der Waals surface area contributed by atoms with Gasteiger partial charge in [-0.25, -0.2) is 9.67 Å². The first kappa shape index (κ1) is 11.4. The van der Waals surface area contributed by atoms with Crippen LogP contribution in [0.15, 0.2) is 17.1 Å². The van der Waals surface area contributed by atoms with E-state index in [2.05, 4.69) is 10.1 Å². The number of pyridine rings is 1. The number of halogens is 3. The van der Waals surface area contributed by atoms with Crippen molar-refractivity contribution in [2.75, 3.05) is 5.73 Å². The lowest BCUT2D eigenvalue weighted by Gasteiger charge is -2.08. The predicted molar refractivity (Wildman–Crippen MR) is 54.2 cm³/mol. The molecule has 0 saturated carbocycles. The number of hydrogen-bond donors (Lipinski definition) is 1. The molecule has 0 aliphatic heterocycles. The van der Waals surface area contributed by atoms with Crippen molar-refractivity contribution in [2.45, 2.75) is 6.18 Å². The average molecular weight is 244 g/mol. The van der Waals surface area contributed by atoms with E-state index in [-0.39, 0.29) is 10.8 Å². The Morgan fingerprint density at radius 1 is 1.41 bits per heavy atom. The van der Waals surface area contributed by atoms with Crippen molar-refractivity contribution in [3.8, 4) is 0 Å². The zero-order valence-electron chi connectivity index (χ0n) is 8.62. The van der Waals surface area contributed by atoms with Gasteiger partial charge in [-0.15, -0.1) is 0 Å². The summed E-state index contributed by atoms with van der Waals surface area (Å²) in [6, 6.07) is 0.750. The first-order valence-electron chi connectivity index (χ1n) is 4.50. The Morgan fingerprint density at radius 3 is 2.65 bits per heavy atom. The molecule has 0 saturated heterocycles. The molecule has 0 bridgehead atoms. The Morgan fingerprint density at radius 2 is 2.06 bits per heavy atom. The number of alkyl halides is 3. The minimum absolute atomic E-state index is 0.0212. The van der Waals surface area contributed by atoms with Crippen LogP contribution in [0.25, 0.3) is 10.8 Å². The Kier molecular flexibility index (Phi) is 2.30. The lowest BCUT2D eigenvalue weighted by molar-refractivity contribution is -0.140. The van der Waals surface area contributed by atoms with Crippen LogP contribution in [0.2, 0.25) is 0 Å². The molecule has 2 rings (SSSR count). The van der Waals surface area contributed by atoms with Crippen LogP contribution in [0.3, 0.4) is 0 Å². The maximum Gasteiger partial charge on any atom is 0.433 e. The number of nitrogens with two attached hydrogens (primary N) is 1. The van der Waals surface area contributed by atoms with Gasteiger partial charge in [0.1, 0.15) is 11.5 Å². The molecule has 17 heavy (non-hydrogen) atoms. The van der Waals surface area contributed by atoms with Crippen molar-refractivity contribution in [1.29, 1.82) is 0 Å². The largest absolute Gasteiger partial charge is 0.433 e. The van der Waals surface area contributed by atoms with Gasteiger partial charge in [0.05, 0.1) is 11.6 Å². The topological polar surface area (TPSA) is 73.8 Å². The van der Waals surface area contributed by atoms with E-state index < -0.39 is 23.2 Å². The molecule has 0 atom stereocenters. The van der Waals surface area contributed by atoms with E-state index in [0.717, 1.165) is 16.9 Å². The molecule has 2 aromatic heterocycles. The standard InChI is InChI=1S/C9H7F3N4O/c1-16-8(17)6-4(3-14-16)2-5(9(10,11)12)15-7(6)13/h2-3H,1H3,(H2,13,15). The second-order valence-electron chi connectivity index (χ2n) is 3.43. The highest BCUT2D eigenvalue weighted by molar-refractivity contribution is 5.89.